The average Bonchev–Trinajstić information content (AvgIpc) is 3.00. The monoisotopic (exact) mass is 309 g/mol. The van der Waals surface area contributed by atoms with E-state index in [2.05, 4.69) is 10.3 Å². The summed E-state index contributed by atoms with van der Waals surface area (Å²) in [5.74, 6) is -0.0276. The summed E-state index contributed by atoms with van der Waals surface area (Å²) in [6, 6.07) is 13.0. The summed E-state index contributed by atoms with van der Waals surface area (Å²) in [5, 5.41) is 3.02. The first kappa shape index (κ1) is 15.2. The van der Waals surface area contributed by atoms with Gasteiger partial charge in [0.25, 0.3) is 5.91 Å². The Hall–Kier alpha value is -2.69. The van der Waals surface area contributed by atoms with E-state index in [1.54, 1.807) is 24.5 Å². The van der Waals surface area contributed by atoms with Crippen molar-refractivity contribution in [3.63, 3.8) is 0 Å². The SMILES string of the molecule is O=C(NC(CN1CCCC1=O)c1ccccc1)c1cccnc1. The summed E-state index contributed by atoms with van der Waals surface area (Å²) in [6.45, 7) is 1.25. The lowest BCUT2D eigenvalue weighted by atomic mass is 10.1. The van der Waals surface area contributed by atoms with Crippen molar-refractivity contribution in [2.45, 2.75) is 18.9 Å². The second-order valence-corrected chi connectivity index (χ2v) is 5.62. The average molecular weight is 309 g/mol. The van der Waals surface area contributed by atoms with Gasteiger partial charge in [0.15, 0.2) is 0 Å². The molecule has 1 aromatic heterocycles. The number of nitrogens with zero attached hydrogens (tertiary/aromatic N) is 2. The largest absolute Gasteiger partial charge is 0.343 e. The van der Waals surface area contributed by atoms with Crippen LogP contribution in [0.15, 0.2) is 54.9 Å². The molecule has 0 radical (unpaired) electrons. The van der Waals surface area contributed by atoms with E-state index in [1.807, 2.05) is 35.2 Å². The molecule has 2 heterocycles. The van der Waals surface area contributed by atoms with Gasteiger partial charge in [0.2, 0.25) is 5.91 Å². The van der Waals surface area contributed by atoms with Crippen LogP contribution in [-0.4, -0.2) is 34.8 Å². The zero-order valence-electron chi connectivity index (χ0n) is 12.8. The Labute approximate surface area is 135 Å². The molecule has 2 amide bonds. The van der Waals surface area contributed by atoms with Crippen LogP contribution >= 0.6 is 0 Å². The van der Waals surface area contributed by atoms with Crippen molar-refractivity contribution in [2.24, 2.45) is 0 Å². The van der Waals surface area contributed by atoms with Crippen molar-refractivity contribution in [3.8, 4) is 0 Å². The normalized spacial score (nSPS) is 15.5. The van der Waals surface area contributed by atoms with E-state index < -0.39 is 0 Å². The molecule has 0 spiro atoms. The smallest absolute Gasteiger partial charge is 0.253 e. The van der Waals surface area contributed by atoms with E-state index in [9.17, 15) is 9.59 Å². The van der Waals surface area contributed by atoms with Gasteiger partial charge in [0.05, 0.1) is 11.6 Å². The third-order valence-electron chi connectivity index (χ3n) is 4.01. The van der Waals surface area contributed by atoms with E-state index in [-0.39, 0.29) is 17.9 Å². The van der Waals surface area contributed by atoms with E-state index in [4.69, 9.17) is 0 Å². The molecule has 1 fully saturated rings. The van der Waals surface area contributed by atoms with E-state index in [0.717, 1.165) is 18.5 Å². The number of carbonyl (C=O) groups excluding carboxylic acids is 2. The molecule has 1 atom stereocenters. The van der Waals surface area contributed by atoms with E-state index in [0.29, 0.717) is 18.5 Å². The number of nitrogens with one attached hydrogen (secondary N) is 1. The number of rotatable bonds is 5. The van der Waals surface area contributed by atoms with Crippen molar-refractivity contribution in [1.82, 2.24) is 15.2 Å². The molecule has 1 aliphatic rings. The molecule has 2 aromatic rings. The van der Waals surface area contributed by atoms with Gasteiger partial charge in [-0.2, -0.15) is 0 Å². The molecule has 1 saturated heterocycles. The molecule has 23 heavy (non-hydrogen) atoms. The maximum atomic E-state index is 12.4. The second kappa shape index (κ2) is 7.05. The fourth-order valence-corrected chi connectivity index (χ4v) is 2.78. The van der Waals surface area contributed by atoms with Crippen LogP contribution < -0.4 is 5.32 Å². The van der Waals surface area contributed by atoms with Crippen molar-refractivity contribution < 1.29 is 9.59 Å². The lowest BCUT2D eigenvalue weighted by molar-refractivity contribution is -0.128. The number of pyridine rings is 1. The molecule has 0 aliphatic carbocycles. The topological polar surface area (TPSA) is 62.3 Å². The summed E-state index contributed by atoms with van der Waals surface area (Å²) in [6.07, 6.45) is 4.65. The van der Waals surface area contributed by atoms with Crippen LogP contribution in [0.5, 0.6) is 0 Å². The number of hydrogen-bond donors (Lipinski definition) is 1. The van der Waals surface area contributed by atoms with Gasteiger partial charge in [-0.05, 0) is 24.1 Å². The zero-order chi connectivity index (χ0) is 16.1. The van der Waals surface area contributed by atoms with Gasteiger partial charge in [-0.3, -0.25) is 14.6 Å². The number of carbonyl (C=O) groups is 2. The van der Waals surface area contributed by atoms with Crippen molar-refractivity contribution in [1.29, 1.82) is 0 Å². The third kappa shape index (κ3) is 3.74. The Morgan fingerprint density at radius 3 is 2.70 bits per heavy atom. The first-order valence-electron chi connectivity index (χ1n) is 7.77. The number of hydrogen-bond acceptors (Lipinski definition) is 3. The summed E-state index contributed by atoms with van der Waals surface area (Å²) in [5.41, 5.74) is 1.51. The summed E-state index contributed by atoms with van der Waals surface area (Å²) in [7, 11) is 0. The Kier molecular flexibility index (Phi) is 4.66. The van der Waals surface area contributed by atoms with E-state index in [1.165, 1.54) is 0 Å². The molecule has 118 valence electrons. The standard InChI is InChI=1S/C18H19N3O2/c22-17-9-5-11-21(17)13-16(14-6-2-1-3-7-14)20-18(23)15-8-4-10-19-12-15/h1-4,6-8,10,12,16H,5,9,11,13H2,(H,20,23). The highest BCUT2D eigenvalue weighted by Crippen LogP contribution is 2.19. The Morgan fingerprint density at radius 1 is 1.22 bits per heavy atom. The number of likely N-dealkylation sites (tertiary alicyclic amines) is 1. The van der Waals surface area contributed by atoms with Gasteiger partial charge < -0.3 is 10.2 Å². The molecule has 3 rings (SSSR count). The van der Waals surface area contributed by atoms with Crippen LogP contribution in [0, 0.1) is 0 Å². The highest BCUT2D eigenvalue weighted by Gasteiger charge is 2.25. The Bertz CT molecular complexity index is 673. The van der Waals surface area contributed by atoms with Crippen LogP contribution in [0.3, 0.4) is 0 Å². The molecule has 5 nitrogen and oxygen atoms in total. The minimum atomic E-state index is -0.231. The fourth-order valence-electron chi connectivity index (χ4n) is 2.78. The molecular formula is C18H19N3O2. The lowest BCUT2D eigenvalue weighted by Crippen LogP contribution is -2.38. The highest BCUT2D eigenvalue weighted by atomic mass is 16.2. The Balaban J connectivity index is 1.78. The molecule has 5 heteroatoms. The summed E-state index contributed by atoms with van der Waals surface area (Å²) in [4.78, 5) is 30.1. The molecule has 0 saturated carbocycles. The van der Waals surface area contributed by atoms with Gasteiger partial charge in [-0.25, -0.2) is 0 Å². The molecule has 1 unspecified atom stereocenters. The molecule has 0 bridgehead atoms. The maximum absolute atomic E-state index is 12.4. The first-order chi connectivity index (χ1) is 11.2. The van der Waals surface area contributed by atoms with Gasteiger partial charge in [-0.15, -0.1) is 0 Å². The second-order valence-electron chi connectivity index (χ2n) is 5.62. The number of amides is 2. The van der Waals surface area contributed by atoms with Crippen molar-refractivity contribution >= 4 is 11.8 Å². The predicted molar refractivity (Wildman–Crippen MR) is 86.7 cm³/mol. The third-order valence-corrected chi connectivity index (χ3v) is 4.01. The maximum Gasteiger partial charge on any atom is 0.253 e. The van der Waals surface area contributed by atoms with Crippen LogP contribution in [0.2, 0.25) is 0 Å². The molecule has 1 aliphatic heterocycles. The fraction of sp³-hybridized carbons (Fsp3) is 0.278. The van der Waals surface area contributed by atoms with Crippen LogP contribution in [-0.2, 0) is 4.79 Å². The van der Waals surface area contributed by atoms with Gasteiger partial charge in [-0.1, -0.05) is 30.3 Å². The van der Waals surface area contributed by atoms with Crippen LogP contribution in [0.1, 0.15) is 34.8 Å². The number of benzene rings is 1. The Morgan fingerprint density at radius 2 is 2.04 bits per heavy atom. The lowest BCUT2D eigenvalue weighted by Gasteiger charge is -2.25. The highest BCUT2D eigenvalue weighted by molar-refractivity contribution is 5.94. The van der Waals surface area contributed by atoms with Gasteiger partial charge in [0.1, 0.15) is 0 Å². The summed E-state index contributed by atoms with van der Waals surface area (Å²) < 4.78 is 0. The predicted octanol–water partition coefficient (Wildman–Crippen LogP) is 2.18. The van der Waals surface area contributed by atoms with Crippen LogP contribution in [0.25, 0.3) is 0 Å². The minimum Gasteiger partial charge on any atom is -0.343 e. The number of aromatic nitrogens is 1. The first-order valence-corrected chi connectivity index (χ1v) is 7.77. The van der Waals surface area contributed by atoms with Crippen molar-refractivity contribution in [3.05, 3.63) is 66.0 Å². The minimum absolute atomic E-state index is 0.154. The van der Waals surface area contributed by atoms with Crippen molar-refractivity contribution in [2.75, 3.05) is 13.1 Å². The summed E-state index contributed by atoms with van der Waals surface area (Å²) >= 11 is 0. The molecule has 1 aromatic carbocycles. The molecule has 1 N–H and O–H groups in total. The quantitative estimate of drug-likeness (QED) is 0.921. The van der Waals surface area contributed by atoms with Gasteiger partial charge in [0, 0.05) is 31.9 Å². The van der Waals surface area contributed by atoms with E-state index >= 15 is 0 Å². The molecular weight excluding hydrogens is 290 g/mol. The van der Waals surface area contributed by atoms with Gasteiger partial charge >= 0.3 is 0 Å². The van der Waals surface area contributed by atoms with Crippen LogP contribution in [0.4, 0.5) is 0 Å². The zero-order valence-corrected chi connectivity index (χ0v) is 12.8.